The summed E-state index contributed by atoms with van der Waals surface area (Å²) in [6.07, 6.45) is 0. The van der Waals surface area contributed by atoms with Gasteiger partial charge in [-0.05, 0) is 26.1 Å². The summed E-state index contributed by atoms with van der Waals surface area (Å²) in [6.45, 7) is 3.74. The Morgan fingerprint density at radius 3 is 2.57 bits per heavy atom. The van der Waals surface area contributed by atoms with Gasteiger partial charge in [-0.2, -0.15) is 5.10 Å². The van der Waals surface area contributed by atoms with Crippen LogP contribution in [-0.4, -0.2) is 21.2 Å². The Labute approximate surface area is 86.3 Å². The van der Waals surface area contributed by atoms with E-state index in [1.54, 1.807) is 0 Å². The van der Waals surface area contributed by atoms with Crippen LogP contribution < -0.4 is 10.6 Å². The van der Waals surface area contributed by atoms with Crippen LogP contribution >= 0.6 is 12.2 Å². The molecule has 2 rings (SSSR count). The molecule has 0 radical (unpaired) electrons. The fourth-order valence-electron chi connectivity index (χ4n) is 1.60. The topological polar surface area (TPSA) is 69.8 Å². The quantitative estimate of drug-likeness (QED) is 0.574. The minimum atomic E-state index is -0.402. The van der Waals surface area contributed by atoms with E-state index in [0.717, 1.165) is 17.0 Å². The second-order valence-electron chi connectivity index (χ2n) is 3.24. The van der Waals surface area contributed by atoms with Crippen molar-refractivity contribution in [3.63, 3.8) is 0 Å². The number of H-pyrrole nitrogens is 1. The first-order valence-corrected chi connectivity index (χ1v) is 4.63. The number of aryl methyl sites for hydroxylation is 2. The maximum atomic E-state index is 11.5. The van der Waals surface area contributed by atoms with Crippen molar-refractivity contribution in [2.24, 2.45) is 0 Å². The molecule has 3 N–H and O–H groups in total. The molecule has 1 aromatic heterocycles. The average molecular weight is 210 g/mol. The first-order valence-electron chi connectivity index (χ1n) is 4.22. The van der Waals surface area contributed by atoms with E-state index in [9.17, 15) is 4.79 Å². The predicted octanol–water partition coefficient (Wildman–Crippen LogP) is 0.0719. The van der Waals surface area contributed by atoms with Crippen LogP contribution in [-0.2, 0) is 4.79 Å². The lowest BCUT2D eigenvalue weighted by Gasteiger charge is -2.07. The smallest absolute Gasteiger partial charge is 0.253 e. The van der Waals surface area contributed by atoms with Gasteiger partial charge in [0.05, 0.1) is 5.69 Å². The number of amides is 1. The van der Waals surface area contributed by atoms with Crippen LogP contribution in [0.15, 0.2) is 0 Å². The zero-order valence-corrected chi connectivity index (χ0v) is 8.66. The van der Waals surface area contributed by atoms with Gasteiger partial charge < -0.3 is 10.6 Å². The summed E-state index contributed by atoms with van der Waals surface area (Å²) in [5.74, 6) is -0.123. The van der Waals surface area contributed by atoms with Crippen LogP contribution in [0.2, 0.25) is 0 Å². The zero-order chi connectivity index (χ0) is 10.3. The molecule has 0 bridgehead atoms. The van der Waals surface area contributed by atoms with Gasteiger partial charge in [0.25, 0.3) is 5.91 Å². The molecule has 0 aromatic carbocycles. The van der Waals surface area contributed by atoms with Crippen LogP contribution in [0.3, 0.4) is 0 Å². The average Bonchev–Trinajstić information content (AvgIpc) is 2.57. The Balaban J connectivity index is 2.40. The molecule has 74 valence electrons. The van der Waals surface area contributed by atoms with Gasteiger partial charge in [-0.25, -0.2) is 0 Å². The Kier molecular flexibility index (Phi) is 1.99. The first-order chi connectivity index (χ1) is 6.59. The molecule has 1 saturated heterocycles. The van der Waals surface area contributed by atoms with E-state index in [-0.39, 0.29) is 5.91 Å². The molecule has 0 saturated carbocycles. The number of hydrogen-bond acceptors (Lipinski definition) is 3. The van der Waals surface area contributed by atoms with Gasteiger partial charge in [-0.1, -0.05) is 0 Å². The van der Waals surface area contributed by atoms with Gasteiger partial charge in [0.1, 0.15) is 6.04 Å². The number of carbonyl (C=O) groups excluding carboxylic acids is 1. The second-order valence-corrected chi connectivity index (χ2v) is 3.65. The SMILES string of the molecule is Cc1n[nH]c(C)c1C1NC(=S)NC1=O. The molecule has 2 heterocycles. The summed E-state index contributed by atoms with van der Waals surface area (Å²) in [5, 5.41) is 12.7. The lowest BCUT2D eigenvalue weighted by molar-refractivity contribution is -0.120. The number of rotatable bonds is 1. The highest BCUT2D eigenvalue weighted by atomic mass is 32.1. The van der Waals surface area contributed by atoms with E-state index >= 15 is 0 Å². The van der Waals surface area contributed by atoms with Gasteiger partial charge in [-0.3, -0.25) is 9.89 Å². The maximum absolute atomic E-state index is 11.5. The number of aromatic amines is 1. The number of nitrogens with zero attached hydrogens (tertiary/aromatic N) is 1. The largest absolute Gasteiger partial charge is 0.347 e. The Morgan fingerprint density at radius 2 is 2.14 bits per heavy atom. The number of carbonyl (C=O) groups is 1. The van der Waals surface area contributed by atoms with Crippen molar-refractivity contribution in [1.29, 1.82) is 0 Å². The number of thiocarbonyl (C=S) groups is 1. The Morgan fingerprint density at radius 1 is 1.43 bits per heavy atom. The number of nitrogens with one attached hydrogen (secondary N) is 3. The zero-order valence-electron chi connectivity index (χ0n) is 7.84. The lowest BCUT2D eigenvalue weighted by atomic mass is 10.1. The maximum Gasteiger partial charge on any atom is 0.253 e. The first kappa shape index (κ1) is 9.14. The molecule has 5 nitrogen and oxygen atoms in total. The molecular weight excluding hydrogens is 200 g/mol. The van der Waals surface area contributed by atoms with Crippen molar-refractivity contribution in [2.45, 2.75) is 19.9 Å². The van der Waals surface area contributed by atoms with Crippen molar-refractivity contribution in [1.82, 2.24) is 20.8 Å². The highest BCUT2D eigenvalue weighted by Crippen LogP contribution is 2.21. The van der Waals surface area contributed by atoms with Gasteiger partial charge in [0, 0.05) is 11.3 Å². The van der Waals surface area contributed by atoms with E-state index in [1.807, 2.05) is 13.8 Å². The summed E-state index contributed by atoms with van der Waals surface area (Å²) >= 11 is 4.86. The number of hydrogen-bond donors (Lipinski definition) is 3. The fourth-order valence-corrected chi connectivity index (χ4v) is 1.82. The minimum Gasteiger partial charge on any atom is -0.347 e. The summed E-state index contributed by atoms with van der Waals surface area (Å²) in [4.78, 5) is 11.5. The molecule has 6 heteroatoms. The van der Waals surface area contributed by atoms with Crippen LogP contribution in [0, 0.1) is 13.8 Å². The minimum absolute atomic E-state index is 0.123. The van der Waals surface area contributed by atoms with Crippen molar-refractivity contribution >= 4 is 23.2 Å². The number of aromatic nitrogens is 2. The molecule has 14 heavy (non-hydrogen) atoms. The van der Waals surface area contributed by atoms with E-state index < -0.39 is 6.04 Å². The van der Waals surface area contributed by atoms with Gasteiger partial charge >= 0.3 is 0 Å². The van der Waals surface area contributed by atoms with Crippen LogP contribution in [0.1, 0.15) is 23.0 Å². The molecule has 0 spiro atoms. The highest BCUT2D eigenvalue weighted by molar-refractivity contribution is 7.80. The monoisotopic (exact) mass is 210 g/mol. The molecule has 1 atom stereocenters. The van der Waals surface area contributed by atoms with E-state index in [2.05, 4.69) is 20.8 Å². The third-order valence-corrected chi connectivity index (χ3v) is 2.47. The van der Waals surface area contributed by atoms with Crippen LogP contribution in [0.4, 0.5) is 0 Å². The molecular formula is C8H10N4OS. The van der Waals surface area contributed by atoms with E-state index in [0.29, 0.717) is 5.11 Å². The van der Waals surface area contributed by atoms with E-state index in [1.165, 1.54) is 0 Å². The predicted molar refractivity (Wildman–Crippen MR) is 54.7 cm³/mol. The fraction of sp³-hybridized carbons (Fsp3) is 0.375. The van der Waals surface area contributed by atoms with Gasteiger partial charge in [0.2, 0.25) is 0 Å². The van der Waals surface area contributed by atoms with Gasteiger partial charge in [-0.15, -0.1) is 0 Å². The molecule has 1 aliphatic rings. The van der Waals surface area contributed by atoms with Crippen LogP contribution in [0.25, 0.3) is 0 Å². The Hall–Kier alpha value is -1.43. The standard InChI is InChI=1S/C8H10N4OS/c1-3-5(4(2)12-11-3)6-7(13)10-8(14)9-6/h6H,1-2H3,(H,11,12)(H2,9,10,13,14). The van der Waals surface area contributed by atoms with Crippen LogP contribution in [0.5, 0.6) is 0 Å². The normalized spacial score (nSPS) is 20.9. The summed E-state index contributed by atoms with van der Waals surface area (Å²) < 4.78 is 0. The third kappa shape index (κ3) is 1.27. The molecule has 1 aromatic rings. The summed E-state index contributed by atoms with van der Waals surface area (Å²) in [6, 6.07) is -0.402. The summed E-state index contributed by atoms with van der Waals surface area (Å²) in [5.41, 5.74) is 2.59. The highest BCUT2D eigenvalue weighted by Gasteiger charge is 2.32. The second kappa shape index (κ2) is 3.06. The molecule has 1 amide bonds. The van der Waals surface area contributed by atoms with Crippen molar-refractivity contribution in [3.8, 4) is 0 Å². The molecule has 1 fully saturated rings. The molecule has 1 unspecified atom stereocenters. The summed E-state index contributed by atoms with van der Waals surface area (Å²) in [7, 11) is 0. The van der Waals surface area contributed by atoms with Gasteiger partial charge in [0.15, 0.2) is 5.11 Å². The lowest BCUT2D eigenvalue weighted by Crippen LogP contribution is -2.21. The van der Waals surface area contributed by atoms with Crippen molar-refractivity contribution in [3.05, 3.63) is 17.0 Å². The van der Waals surface area contributed by atoms with E-state index in [4.69, 9.17) is 12.2 Å². The third-order valence-electron chi connectivity index (χ3n) is 2.25. The van der Waals surface area contributed by atoms with Crippen molar-refractivity contribution in [2.75, 3.05) is 0 Å². The molecule has 1 aliphatic heterocycles. The van der Waals surface area contributed by atoms with Crippen molar-refractivity contribution < 1.29 is 4.79 Å². The Bertz CT molecular complexity index is 392. The molecule has 0 aliphatic carbocycles.